The molecule has 0 saturated heterocycles. The zero-order valence-corrected chi connectivity index (χ0v) is 18.5. The number of hydrogen-bond donors (Lipinski definition) is 0. The highest BCUT2D eigenvalue weighted by Crippen LogP contribution is 2.33. The summed E-state index contributed by atoms with van der Waals surface area (Å²) in [5, 5.41) is 11.1. The predicted molar refractivity (Wildman–Crippen MR) is 122 cm³/mol. The Morgan fingerprint density at radius 3 is 2.15 bits per heavy atom. The van der Waals surface area contributed by atoms with Gasteiger partial charge in [0.25, 0.3) is 17.5 Å². The third-order valence-corrected chi connectivity index (χ3v) is 5.76. The number of ketones is 1. The maximum Gasteiger partial charge on any atom is 0.338 e. The fraction of sp³-hybridized carbons (Fsp3) is 0.0435. The van der Waals surface area contributed by atoms with E-state index in [4.69, 9.17) is 27.9 Å². The Morgan fingerprint density at radius 2 is 1.50 bits per heavy atom. The number of non-ortho nitro benzene ring substituents is 1. The van der Waals surface area contributed by atoms with E-state index in [0.29, 0.717) is 0 Å². The molecule has 34 heavy (non-hydrogen) atoms. The SMILES string of the molecule is O=C(COC(=O)c1ccc2c(c1)C(=O)N(c1ccc(Cl)c(Cl)c1)C2=O)c1ccc([N+](=O)[O-])cc1. The molecule has 0 aliphatic carbocycles. The van der Waals surface area contributed by atoms with Crippen LogP contribution in [0.15, 0.2) is 60.7 Å². The first-order valence-electron chi connectivity index (χ1n) is 9.60. The van der Waals surface area contributed by atoms with Crippen LogP contribution in [0.1, 0.15) is 41.4 Å². The minimum absolute atomic E-state index is 0.00721. The number of halogens is 2. The van der Waals surface area contributed by atoms with Gasteiger partial charge in [-0.3, -0.25) is 24.5 Å². The zero-order valence-electron chi connectivity index (χ0n) is 17.0. The molecule has 0 unspecified atom stereocenters. The van der Waals surface area contributed by atoms with Gasteiger partial charge in [-0.1, -0.05) is 23.2 Å². The molecular formula is C23H12Cl2N2O7. The molecule has 1 aliphatic heterocycles. The number of carbonyl (C=O) groups excluding carboxylic acids is 4. The number of amides is 2. The predicted octanol–water partition coefficient (Wildman–Crippen LogP) is 4.74. The Labute approximate surface area is 201 Å². The summed E-state index contributed by atoms with van der Waals surface area (Å²) in [4.78, 5) is 61.3. The first kappa shape index (κ1) is 23.1. The highest BCUT2D eigenvalue weighted by Gasteiger charge is 2.37. The van der Waals surface area contributed by atoms with Crippen molar-refractivity contribution in [2.45, 2.75) is 0 Å². The van der Waals surface area contributed by atoms with Crippen LogP contribution in [-0.2, 0) is 4.74 Å². The van der Waals surface area contributed by atoms with Crippen LogP contribution in [0.4, 0.5) is 11.4 Å². The summed E-state index contributed by atoms with van der Waals surface area (Å²) in [5.41, 5.74) is 0.221. The Bertz CT molecular complexity index is 1390. The van der Waals surface area contributed by atoms with Crippen molar-refractivity contribution in [1.82, 2.24) is 0 Å². The average Bonchev–Trinajstić information content (AvgIpc) is 3.08. The van der Waals surface area contributed by atoms with E-state index in [-0.39, 0.29) is 43.7 Å². The summed E-state index contributed by atoms with van der Waals surface area (Å²) in [6.07, 6.45) is 0. The minimum atomic E-state index is -0.883. The van der Waals surface area contributed by atoms with Gasteiger partial charge in [0, 0.05) is 17.7 Å². The summed E-state index contributed by atoms with van der Waals surface area (Å²) in [6.45, 7) is -0.615. The summed E-state index contributed by atoms with van der Waals surface area (Å²) in [5.74, 6) is -2.70. The number of nitro benzene ring substituents is 1. The molecule has 0 bridgehead atoms. The number of Topliss-reactive ketones (excluding diaryl/α,β-unsaturated/α-hetero) is 1. The van der Waals surface area contributed by atoms with Gasteiger partial charge in [0.1, 0.15) is 0 Å². The van der Waals surface area contributed by atoms with Crippen molar-refractivity contribution in [3.8, 4) is 0 Å². The van der Waals surface area contributed by atoms with Gasteiger partial charge in [-0.15, -0.1) is 0 Å². The van der Waals surface area contributed by atoms with E-state index in [1.54, 1.807) is 0 Å². The number of fused-ring (bicyclic) bond motifs is 1. The molecule has 9 nitrogen and oxygen atoms in total. The van der Waals surface area contributed by atoms with Crippen LogP contribution in [0.2, 0.25) is 10.0 Å². The second-order valence-electron chi connectivity index (χ2n) is 7.11. The van der Waals surface area contributed by atoms with Gasteiger partial charge in [0.05, 0.1) is 37.3 Å². The topological polar surface area (TPSA) is 124 Å². The number of ether oxygens (including phenoxy) is 1. The third kappa shape index (κ3) is 4.26. The molecule has 1 heterocycles. The van der Waals surface area contributed by atoms with Crippen molar-refractivity contribution in [3.63, 3.8) is 0 Å². The monoisotopic (exact) mass is 498 g/mol. The molecule has 3 aromatic rings. The van der Waals surface area contributed by atoms with Gasteiger partial charge in [-0.05, 0) is 48.5 Å². The van der Waals surface area contributed by atoms with Gasteiger partial charge >= 0.3 is 5.97 Å². The number of esters is 1. The van der Waals surface area contributed by atoms with Crippen molar-refractivity contribution in [2.24, 2.45) is 0 Å². The number of nitrogens with zero attached hydrogens (tertiary/aromatic N) is 2. The highest BCUT2D eigenvalue weighted by molar-refractivity contribution is 6.42. The van der Waals surface area contributed by atoms with Crippen LogP contribution in [0.5, 0.6) is 0 Å². The van der Waals surface area contributed by atoms with E-state index in [1.807, 2.05) is 0 Å². The van der Waals surface area contributed by atoms with E-state index in [0.717, 1.165) is 17.0 Å². The third-order valence-electron chi connectivity index (χ3n) is 5.02. The standard InChI is InChI=1S/C23H12Cl2N2O7/c24-18-8-6-15(10-19(18)25)26-21(29)16-7-3-13(9-17(16)22(26)30)23(31)34-11-20(28)12-1-4-14(5-2-12)27(32)33/h1-10H,11H2. The number of hydrogen-bond acceptors (Lipinski definition) is 7. The smallest absolute Gasteiger partial charge is 0.338 e. The van der Waals surface area contributed by atoms with E-state index >= 15 is 0 Å². The van der Waals surface area contributed by atoms with Gasteiger partial charge in [-0.25, -0.2) is 9.69 Å². The molecule has 0 spiro atoms. The maximum absolute atomic E-state index is 12.9. The van der Waals surface area contributed by atoms with E-state index in [2.05, 4.69) is 0 Å². The lowest BCUT2D eigenvalue weighted by Gasteiger charge is -2.14. The number of benzene rings is 3. The lowest BCUT2D eigenvalue weighted by atomic mass is 10.1. The number of rotatable bonds is 6. The molecule has 0 N–H and O–H groups in total. The van der Waals surface area contributed by atoms with Crippen LogP contribution in [0.25, 0.3) is 0 Å². The van der Waals surface area contributed by atoms with Gasteiger partial charge < -0.3 is 4.74 Å². The fourth-order valence-electron chi connectivity index (χ4n) is 3.29. The van der Waals surface area contributed by atoms with Gasteiger partial charge in [0.15, 0.2) is 12.4 Å². The molecule has 4 rings (SSSR count). The molecule has 0 radical (unpaired) electrons. The van der Waals surface area contributed by atoms with Crippen molar-refractivity contribution < 1.29 is 28.8 Å². The Hall–Kier alpha value is -4.08. The Morgan fingerprint density at radius 1 is 0.853 bits per heavy atom. The average molecular weight is 499 g/mol. The number of nitro groups is 1. The molecule has 0 saturated carbocycles. The van der Waals surface area contributed by atoms with Gasteiger partial charge in [-0.2, -0.15) is 0 Å². The van der Waals surface area contributed by atoms with Crippen molar-refractivity contribution in [2.75, 3.05) is 11.5 Å². The molecule has 11 heteroatoms. The summed E-state index contributed by atoms with van der Waals surface area (Å²) < 4.78 is 5.02. The van der Waals surface area contributed by atoms with Gasteiger partial charge in [0.2, 0.25) is 0 Å². The molecule has 0 atom stereocenters. The maximum atomic E-state index is 12.9. The fourth-order valence-corrected chi connectivity index (χ4v) is 3.59. The lowest BCUT2D eigenvalue weighted by Crippen LogP contribution is -2.29. The second-order valence-corrected chi connectivity index (χ2v) is 7.92. The number of imide groups is 1. The van der Waals surface area contributed by atoms with Crippen molar-refractivity contribution in [3.05, 3.63) is 103 Å². The summed E-state index contributed by atoms with van der Waals surface area (Å²) >= 11 is 11.9. The number of carbonyl (C=O) groups is 4. The van der Waals surface area contributed by atoms with Crippen molar-refractivity contribution in [1.29, 1.82) is 0 Å². The van der Waals surface area contributed by atoms with Crippen LogP contribution < -0.4 is 4.90 Å². The van der Waals surface area contributed by atoms with E-state index in [9.17, 15) is 29.3 Å². The van der Waals surface area contributed by atoms with Crippen molar-refractivity contribution >= 4 is 58.1 Å². The molecule has 2 amide bonds. The molecule has 170 valence electrons. The normalized spacial score (nSPS) is 12.5. The van der Waals surface area contributed by atoms with Crippen LogP contribution in [0.3, 0.4) is 0 Å². The molecule has 0 aromatic heterocycles. The second kappa shape index (κ2) is 9.05. The minimum Gasteiger partial charge on any atom is -0.454 e. The summed E-state index contributed by atoms with van der Waals surface area (Å²) in [6, 6.07) is 13.0. The molecule has 0 fully saturated rings. The van der Waals surface area contributed by atoms with Crippen LogP contribution in [0, 0.1) is 10.1 Å². The molecule has 3 aromatic carbocycles. The van der Waals surface area contributed by atoms with Crippen LogP contribution >= 0.6 is 23.2 Å². The van der Waals surface area contributed by atoms with Crippen LogP contribution in [-0.4, -0.2) is 35.1 Å². The quantitative estimate of drug-likeness (QED) is 0.158. The number of anilines is 1. The molecular weight excluding hydrogens is 487 g/mol. The highest BCUT2D eigenvalue weighted by atomic mass is 35.5. The molecule has 1 aliphatic rings. The lowest BCUT2D eigenvalue weighted by molar-refractivity contribution is -0.384. The first-order chi connectivity index (χ1) is 16.2. The van der Waals surface area contributed by atoms with E-state index < -0.39 is 35.1 Å². The first-order valence-corrected chi connectivity index (χ1v) is 10.4. The Balaban J connectivity index is 1.48. The van der Waals surface area contributed by atoms with E-state index in [1.165, 1.54) is 48.5 Å². The zero-order chi connectivity index (χ0) is 24.6. The Kier molecular flexibility index (Phi) is 6.14. The summed E-state index contributed by atoms with van der Waals surface area (Å²) in [7, 11) is 0. The largest absolute Gasteiger partial charge is 0.454 e.